The minimum absolute atomic E-state index is 0.0812. The molecule has 2 aromatic carbocycles. The molecule has 3 aromatic rings. The van der Waals surface area contributed by atoms with Crippen molar-refractivity contribution in [3.63, 3.8) is 0 Å². The highest BCUT2D eigenvalue weighted by atomic mass is 16.5. The third kappa shape index (κ3) is 5.17. The van der Waals surface area contributed by atoms with Crippen LogP contribution in [0.4, 0.5) is 5.69 Å². The average molecular weight is 418 g/mol. The fraction of sp³-hybridized carbons (Fsp3) is 0.250. The Morgan fingerprint density at radius 2 is 1.87 bits per heavy atom. The minimum atomic E-state index is -0.563. The van der Waals surface area contributed by atoms with Gasteiger partial charge in [-0.25, -0.2) is 9.59 Å². The molecule has 0 radical (unpaired) electrons. The van der Waals surface area contributed by atoms with Crippen LogP contribution in [0, 0.1) is 18.3 Å². The summed E-state index contributed by atoms with van der Waals surface area (Å²) in [4.78, 5) is 35.9. The van der Waals surface area contributed by atoms with Crippen LogP contribution in [-0.2, 0) is 16.1 Å². The summed E-state index contributed by atoms with van der Waals surface area (Å²) in [5.74, 6) is -0.699. The lowest BCUT2D eigenvalue weighted by atomic mass is 9.95. The van der Waals surface area contributed by atoms with E-state index in [1.807, 2.05) is 19.1 Å². The Balaban J connectivity index is 1.78. The van der Waals surface area contributed by atoms with Crippen molar-refractivity contribution in [1.82, 2.24) is 0 Å². The molecule has 158 valence electrons. The van der Waals surface area contributed by atoms with Crippen LogP contribution < -0.4 is 10.9 Å². The number of nitriles is 1. The first-order valence-electron chi connectivity index (χ1n) is 9.79. The Bertz CT molecular complexity index is 1230. The number of hydrogen-bond acceptors (Lipinski definition) is 6. The van der Waals surface area contributed by atoms with Crippen LogP contribution in [-0.4, -0.2) is 11.9 Å². The van der Waals surface area contributed by atoms with Gasteiger partial charge in [-0.05, 0) is 60.4 Å². The molecule has 0 fully saturated rings. The normalized spacial score (nSPS) is 10.7. The van der Waals surface area contributed by atoms with Crippen LogP contribution >= 0.6 is 0 Å². The second-order valence-corrected chi connectivity index (χ2v) is 7.49. The van der Waals surface area contributed by atoms with E-state index in [0.29, 0.717) is 28.3 Å². The third-order valence-corrected chi connectivity index (χ3v) is 4.84. The maximum atomic E-state index is 12.5. The van der Waals surface area contributed by atoms with Gasteiger partial charge in [0.05, 0.1) is 11.6 Å². The van der Waals surface area contributed by atoms with E-state index in [2.05, 4.69) is 19.2 Å². The molecule has 1 amide bonds. The molecular weight excluding hydrogens is 396 g/mol. The smallest absolute Gasteiger partial charge is 0.338 e. The minimum Gasteiger partial charge on any atom is -0.457 e. The molecule has 3 rings (SSSR count). The van der Waals surface area contributed by atoms with Gasteiger partial charge in [0, 0.05) is 22.7 Å². The number of aryl methyl sites for hydroxylation is 1. The number of fused-ring (bicyclic) bond motifs is 1. The highest BCUT2D eigenvalue weighted by molar-refractivity contribution is 5.94. The first-order valence-corrected chi connectivity index (χ1v) is 9.79. The van der Waals surface area contributed by atoms with E-state index >= 15 is 0 Å². The Morgan fingerprint density at radius 1 is 1.16 bits per heavy atom. The number of ether oxygens (including phenoxy) is 1. The lowest BCUT2D eigenvalue weighted by Crippen LogP contribution is -2.11. The molecule has 0 unspecified atom stereocenters. The van der Waals surface area contributed by atoms with E-state index in [-0.39, 0.29) is 13.0 Å². The second kappa shape index (κ2) is 9.26. The molecule has 0 saturated heterocycles. The number of rotatable bonds is 6. The number of benzene rings is 2. The molecular formula is C24H22N2O5. The maximum absolute atomic E-state index is 12.5. The van der Waals surface area contributed by atoms with Gasteiger partial charge in [-0.3, -0.25) is 4.79 Å². The molecule has 7 nitrogen and oxygen atoms in total. The van der Waals surface area contributed by atoms with Crippen molar-refractivity contribution in [2.45, 2.75) is 39.7 Å². The lowest BCUT2D eigenvalue weighted by Gasteiger charge is -2.13. The molecule has 1 heterocycles. The number of hydrogen-bond donors (Lipinski definition) is 1. The molecule has 0 aliphatic carbocycles. The summed E-state index contributed by atoms with van der Waals surface area (Å²) in [5.41, 5.74) is 3.45. The summed E-state index contributed by atoms with van der Waals surface area (Å²) in [6, 6.07) is 13.0. The molecule has 0 aliphatic rings. The Kier molecular flexibility index (Phi) is 6.51. The summed E-state index contributed by atoms with van der Waals surface area (Å²) in [5, 5.41) is 11.8. The van der Waals surface area contributed by atoms with Crippen molar-refractivity contribution in [3.05, 3.63) is 75.1 Å². The fourth-order valence-electron chi connectivity index (χ4n) is 3.33. The van der Waals surface area contributed by atoms with Crippen LogP contribution in [0.5, 0.6) is 0 Å². The Hall–Kier alpha value is -3.92. The average Bonchev–Trinajstić information content (AvgIpc) is 2.71. The second-order valence-electron chi connectivity index (χ2n) is 7.49. The first kappa shape index (κ1) is 21.8. The third-order valence-electron chi connectivity index (χ3n) is 4.84. The number of amides is 1. The van der Waals surface area contributed by atoms with Gasteiger partial charge in [-0.2, -0.15) is 5.26 Å². The van der Waals surface area contributed by atoms with Crippen molar-refractivity contribution in [2.24, 2.45) is 0 Å². The van der Waals surface area contributed by atoms with Gasteiger partial charge in [0.2, 0.25) is 5.91 Å². The summed E-state index contributed by atoms with van der Waals surface area (Å²) in [7, 11) is 0. The highest BCUT2D eigenvalue weighted by Crippen LogP contribution is 2.27. The summed E-state index contributed by atoms with van der Waals surface area (Å²) in [6.45, 7) is 6.05. The number of anilines is 1. The van der Waals surface area contributed by atoms with Crippen LogP contribution in [0.15, 0.2) is 51.7 Å². The fourth-order valence-corrected chi connectivity index (χ4v) is 3.33. The molecule has 0 atom stereocenters. The van der Waals surface area contributed by atoms with E-state index in [9.17, 15) is 14.4 Å². The van der Waals surface area contributed by atoms with Crippen molar-refractivity contribution in [3.8, 4) is 6.07 Å². The van der Waals surface area contributed by atoms with Gasteiger partial charge in [-0.1, -0.05) is 13.8 Å². The SMILES string of the molecule is Cc1cc2oc(=O)cc(COC(=O)c3ccc(NC(=O)CC#N)cc3)c2cc1C(C)C. The van der Waals surface area contributed by atoms with Crippen LogP contribution in [0.25, 0.3) is 11.0 Å². The lowest BCUT2D eigenvalue weighted by molar-refractivity contribution is -0.115. The van der Waals surface area contributed by atoms with Crippen molar-refractivity contribution in [2.75, 3.05) is 5.32 Å². The topological polar surface area (TPSA) is 109 Å². The van der Waals surface area contributed by atoms with Crippen LogP contribution in [0.1, 0.15) is 53.2 Å². The highest BCUT2D eigenvalue weighted by Gasteiger charge is 2.14. The largest absolute Gasteiger partial charge is 0.457 e. The van der Waals surface area contributed by atoms with E-state index in [1.165, 1.54) is 18.2 Å². The Labute approximate surface area is 179 Å². The molecule has 0 bridgehead atoms. The van der Waals surface area contributed by atoms with Gasteiger partial charge in [0.15, 0.2) is 0 Å². The van der Waals surface area contributed by atoms with Gasteiger partial charge in [0.25, 0.3) is 0 Å². The predicted molar refractivity (Wildman–Crippen MR) is 116 cm³/mol. The van der Waals surface area contributed by atoms with Gasteiger partial charge < -0.3 is 14.5 Å². The molecule has 31 heavy (non-hydrogen) atoms. The number of nitrogens with zero attached hydrogens (tertiary/aromatic N) is 1. The summed E-state index contributed by atoms with van der Waals surface area (Å²) in [6.07, 6.45) is -0.249. The zero-order valence-corrected chi connectivity index (χ0v) is 17.5. The molecule has 0 aliphatic heterocycles. The van der Waals surface area contributed by atoms with Gasteiger partial charge in [-0.15, -0.1) is 0 Å². The van der Waals surface area contributed by atoms with E-state index in [1.54, 1.807) is 18.2 Å². The van der Waals surface area contributed by atoms with E-state index in [0.717, 1.165) is 16.5 Å². The first-order chi connectivity index (χ1) is 14.8. The molecule has 1 aromatic heterocycles. The Morgan fingerprint density at radius 3 is 2.52 bits per heavy atom. The van der Waals surface area contributed by atoms with Gasteiger partial charge in [0.1, 0.15) is 18.6 Å². The zero-order valence-electron chi connectivity index (χ0n) is 17.5. The number of carbonyl (C=O) groups is 2. The predicted octanol–water partition coefficient (Wildman–Crippen LogP) is 4.43. The van der Waals surface area contributed by atoms with E-state index < -0.39 is 17.5 Å². The summed E-state index contributed by atoms with van der Waals surface area (Å²) >= 11 is 0. The standard InChI is InChI=1S/C24H22N2O5/c1-14(2)19-12-20-17(11-23(28)31-21(20)10-15(19)3)13-30-24(29)16-4-6-18(7-5-16)26-22(27)8-9-25/h4-7,10-12,14H,8,13H2,1-3H3,(H,26,27). The van der Waals surface area contributed by atoms with Crippen molar-refractivity contribution >= 4 is 28.5 Å². The zero-order chi connectivity index (χ0) is 22.5. The quantitative estimate of drug-likeness (QED) is 0.468. The molecule has 0 spiro atoms. The number of nitrogens with one attached hydrogen (secondary N) is 1. The monoisotopic (exact) mass is 418 g/mol. The van der Waals surface area contributed by atoms with E-state index in [4.69, 9.17) is 14.4 Å². The molecule has 7 heteroatoms. The number of esters is 1. The van der Waals surface area contributed by atoms with Crippen molar-refractivity contribution in [1.29, 1.82) is 5.26 Å². The summed E-state index contributed by atoms with van der Waals surface area (Å²) < 4.78 is 10.7. The van der Waals surface area contributed by atoms with Crippen molar-refractivity contribution < 1.29 is 18.7 Å². The number of carbonyl (C=O) groups excluding carboxylic acids is 2. The van der Waals surface area contributed by atoms with Crippen LogP contribution in [0.3, 0.4) is 0 Å². The van der Waals surface area contributed by atoms with Gasteiger partial charge >= 0.3 is 11.6 Å². The molecule has 0 saturated carbocycles. The molecule has 1 N–H and O–H groups in total. The van der Waals surface area contributed by atoms with Crippen LogP contribution in [0.2, 0.25) is 0 Å². The maximum Gasteiger partial charge on any atom is 0.338 e.